The first-order valence-corrected chi connectivity index (χ1v) is 8.85. The van der Waals surface area contributed by atoms with Crippen LogP contribution in [-0.4, -0.2) is 43.9 Å². The summed E-state index contributed by atoms with van der Waals surface area (Å²) in [4.78, 5) is 23.1. The van der Waals surface area contributed by atoms with Crippen LogP contribution in [-0.2, 0) is 16.0 Å². The van der Waals surface area contributed by atoms with Crippen molar-refractivity contribution in [2.75, 3.05) is 20.7 Å². The van der Waals surface area contributed by atoms with E-state index in [2.05, 4.69) is 10.6 Å². The van der Waals surface area contributed by atoms with E-state index in [1.54, 1.807) is 13.1 Å². The molecule has 0 saturated heterocycles. The van der Waals surface area contributed by atoms with Gasteiger partial charge in [-0.15, -0.1) is 0 Å². The van der Waals surface area contributed by atoms with Crippen LogP contribution in [0.5, 0.6) is 0 Å². The number of aliphatic hydroxyl groups is 1. The predicted molar refractivity (Wildman–Crippen MR) is 97.3 cm³/mol. The topological polar surface area (TPSA) is 87.7 Å². The van der Waals surface area contributed by atoms with Gasteiger partial charge in [0.2, 0.25) is 5.91 Å². The Morgan fingerprint density at radius 3 is 2.60 bits per heavy atom. The van der Waals surface area contributed by atoms with Crippen molar-refractivity contribution < 1.29 is 19.4 Å². The molecule has 6 nitrogen and oxygen atoms in total. The fraction of sp³-hybridized carbons (Fsp3) is 0.579. The largest absolute Gasteiger partial charge is 0.366 e. The molecular weight excluding hydrogens is 320 g/mol. The molecule has 0 heterocycles. The Morgan fingerprint density at radius 1 is 1.16 bits per heavy atom. The van der Waals surface area contributed by atoms with Gasteiger partial charge in [-0.25, -0.2) is 0 Å². The number of aliphatic hydroxyl groups excluding tert-OH is 1. The van der Waals surface area contributed by atoms with Gasteiger partial charge < -0.3 is 20.5 Å². The Kier molecular flexibility index (Phi) is 10.5. The van der Waals surface area contributed by atoms with Crippen LogP contribution >= 0.6 is 0 Å². The molecule has 0 aliphatic rings. The maximum Gasteiger partial charge on any atom is 0.251 e. The highest BCUT2D eigenvalue weighted by atomic mass is 16.6. The van der Waals surface area contributed by atoms with Gasteiger partial charge in [-0.05, 0) is 37.0 Å². The number of unbranched alkanes of at least 4 members (excludes halogenated alkanes) is 4. The third-order valence-corrected chi connectivity index (χ3v) is 4.05. The molecule has 2 amide bonds. The molecule has 1 aromatic carbocycles. The summed E-state index contributed by atoms with van der Waals surface area (Å²) in [6.45, 7) is 0.0651. The van der Waals surface area contributed by atoms with Crippen molar-refractivity contribution in [3.05, 3.63) is 35.4 Å². The Morgan fingerprint density at radius 2 is 1.88 bits per heavy atom. The zero-order chi connectivity index (χ0) is 18.5. The summed E-state index contributed by atoms with van der Waals surface area (Å²) in [5, 5.41) is 14.6. The monoisotopic (exact) mass is 350 g/mol. The zero-order valence-corrected chi connectivity index (χ0v) is 15.2. The second-order valence-electron chi connectivity index (χ2n) is 6.04. The van der Waals surface area contributed by atoms with E-state index >= 15 is 0 Å². The SMILES string of the molecule is CNC(=O)CCCCCCCc1cccc(C(=O)NCC(O)OC)c1. The summed E-state index contributed by atoms with van der Waals surface area (Å²) in [6.07, 6.45) is 5.84. The number of rotatable bonds is 12. The third kappa shape index (κ3) is 9.22. The van der Waals surface area contributed by atoms with E-state index in [4.69, 9.17) is 4.74 Å². The summed E-state index contributed by atoms with van der Waals surface area (Å²) in [5.41, 5.74) is 1.72. The number of carbonyl (C=O) groups is 2. The highest BCUT2D eigenvalue weighted by Gasteiger charge is 2.08. The number of hydrogen-bond donors (Lipinski definition) is 3. The van der Waals surface area contributed by atoms with Gasteiger partial charge in [0, 0.05) is 26.1 Å². The summed E-state index contributed by atoms with van der Waals surface area (Å²) >= 11 is 0. The van der Waals surface area contributed by atoms with E-state index in [1.807, 2.05) is 18.2 Å². The van der Waals surface area contributed by atoms with Crippen LogP contribution < -0.4 is 10.6 Å². The molecular formula is C19H30N2O4. The molecule has 0 aliphatic heterocycles. The first-order valence-electron chi connectivity index (χ1n) is 8.85. The minimum atomic E-state index is -0.990. The second kappa shape index (κ2) is 12.4. The number of amides is 2. The molecule has 25 heavy (non-hydrogen) atoms. The van der Waals surface area contributed by atoms with E-state index in [0.29, 0.717) is 12.0 Å². The predicted octanol–water partition coefficient (Wildman–Crippen LogP) is 2.01. The van der Waals surface area contributed by atoms with Gasteiger partial charge in [-0.1, -0.05) is 31.4 Å². The molecule has 1 rings (SSSR count). The standard InChI is InChI=1S/C19H30N2O4/c1-20-17(22)12-7-5-3-4-6-9-15-10-8-11-16(13-15)19(24)21-14-18(23)25-2/h8,10-11,13,18,23H,3-7,9,12,14H2,1-2H3,(H,20,22)(H,21,24). The zero-order valence-electron chi connectivity index (χ0n) is 15.2. The van der Waals surface area contributed by atoms with E-state index in [0.717, 1.165) is 44.1 Å². The minimum Gasteiger partial charge on any atom is -0.366 e. The summed E-state index contributed by atoms with van der Waals surface area (Å²) in [5.74, 6) is -0.111. The highest BCUT2D eigenvalue weighted by molar-refractivity contribution is 5.94. The van der Waals surface area contributed by atoms with Crippen molar-refractivity contribution in [2.45, 2.75) is 51.2 Å². The quantitative estimate of drug-likeness (QED) is 0.397. The molecule has 0 fully saturated rings. The van der Waals surface area contributed by atoms with Crippen LogP contribution in [0.25, 0.3) is 0 Å². The summed E-state index contributed by atoms with van der Waals surface area (Å²) in [6, 6.07) is 7.55. The first-order chi connectivity index (χ1) is 12.1. The van der Waals surface area contributed by atoms with E-state index in [9.17, 15) is 14.7 Å². The van der Waals surface area contributed by atoms with Gasteiger partial charge in [0.15, 0.2) is 6.29 Å². The molecule has 1 aromatic rings. The lowest BCUT2D eigenvalue weighted by atomic mass is 10.0. The number of ether oxygens (including phenoxy) is 1. The van der Waals surface area contributed by atoms with Crippen LogP contribution in [0.3, 0.4) is 0 Å². The van der Waals surface area contributed by atoms with Crippen molar-refractivity contribution in [1.29, 1.82) is 0 Å². The molecule has 6 heteroatoms. The molecule has 0 spiro atoms. The van der Waals surface area contributed by atoms with Crippen molar-refractivity contribution in [3.8, 4) is 0 Å². The normalized spacial score (nSPS) is 11.8. The van der Waals surface area contributed by atoms with Gasteiger partial charge in [-0.3, -0.25) is 9.59 Å². The van der Waals surface area contributed by atoms with Crippen molar-refractivity contribution in [2.24, 2.45) is 0 Å². The number of carbonyl (C=O) groups excluding carboxylic acids is 2. The van der Waals surface area contributed by atoms with Gasteiger partial charge in [0.25, 0.3) is 5.91 Å². The number of methoxy groups -OCH3 is 1. The molecule has 140 valence electrons. The fourth-order valence-corrected chi connectivity index (χ4v) is 2.50. The van der Waals surface area contributed by atoms with Crippen molar-refractivity contribution >= 4 is 11.8 Å². The molecule has 0 aromatic heterocycles. The molecule has 1 unspecified atom stereocenters. The Bertz CT molecular complexity index is 534. The maximum atomic E-state index is 12.0. The third-order valence-electron chi connectivity index (χ3n) is 4.05. The van der Waals surface area contributed by atoms with Crippen molar-refractivity contribution in [1.82, 2.24) is 10.6 Å². The minimum absolute atomic E-state index is 0.0651. The van der Waals surface area contributed by atoms with E-state index in [-0.39, 0.29) is 18.4 Å². The molecule has 0 aliphatic carbocycles. The smallest absolute Gasteiger partial charge is 0.251 e. The van der Waals surface area contributed by atoms with Gasteiger partial charge >= 0.3 is 0 Å². The average molecular weight is 350 g/mol. The van der Waals surface area contributed by atoms with Crippen LogP contribution in [0.4, 0.5) is 0 Å². The Balaban J connectivity index is 2.26. The average Bonchev–Trinajstić information content (AvgIpc) is 2.64. The molecule has 0 bridgehead atoms. The van der Waals surface area contributed by atoms with Crippen molar-refractivity contribution in [3.63, 3.8) is 0 Å². The molecule has 0 saturated carbocycles. The molecule has 3 N–H and O–H groups in total. The van der Waals surface area contributed by atoms with E-state index < -0.39 is 6.29 Å². The van der Waals surface area contributed by atoms with Crippen LogP contribution in [0.15, 0.2) is 24.3 Å². The highest BCUT2D eigenvalue weighted by Crippen LogP contribution is 2.12. The molecule has 0 radical (unpaired) electrons. The Hall–Kier alpha value is -1.92. The lowest BCUT2D eigenvalue weighted by molar-refractivity contribution is -0.120. The second-order valence-corrected chi connectivity index (χ2v) is 6.04. The summed E-state index contributed by atoms with van der Waals surface area (Å²) in [7, 11) is 3.05. The number of hydrogen-bond acceptors (Lipinski definition) is 4. The lowest BCUT2D eigenvalue weighted by Crippen LogP contribution is -2.32. The number of aryl methyl sites for hydroxylation is 1. The Labute approximate surface area is 150 Å². The number of benzene rings is 1. The maximum absolute atomic E-state index is 12.0. The van der Waals surface area contributed by atoms with E-state index in [1.165, 1.54) is 7.11 Å². The van der Waals surface area contributed by atoms with Gasteiger partial charge in [-0.2, -0.15) is 0 Å². The lowest BCUT2D eigenvalue weighted by Gasteiger charge is -2.10. The molecule has 1 atom stereocenters. The number of nitrogens with one attached hydrogen (secondary N) is 2. The van der Waals surface area contributed by atoms with Gasteiger partial charge in [0.1, 0.15) is 0 Å². The summed E-state index contributed by atoms with van der Waals surface area (Å²) < 4.78 is 4.69. The van der Waals surface area contributed by atoms with Crippen LogP contribution in [0, 0.1) is 0 Å². The fourth-order valence-electron chi connectivity index (χ4n) is 2.50. The van der Waals surface area contributed by atoms with Crippen LogP contribution in [0.2, 0.25) is 0 Å². The van der Waals surface area contributed by atoms with Gasteiger partial charge in [0.05, 0.1) is 6.54 Å². The van der Waals surface area contributed by atoms with Crippen LogP contribution in [0.1, 0.15) is 54.4 Å². The first kappa shape index (κ1) is 21.1.